The Morgan fingerprint density at radius 3 is 2.66 bits per heavy atom. The van der Waals surface area contributed by atoms with Crippen molar-refractivity contribution in [1.29, 1.82) is 0 Å². The number of methoxy groups -OCH3 is 1. The highest BCUT2D eigenvalue weighted by Gasteiger charge is 2.62. The van der Waals surface area contributed by atoms with Crippen molar-refractivity contribution >= 4 is 11.8 Å². The summed E-state index contributed by atoms with van der Waals surface area (Å²) >= 11 is 0. The number of Topliss-reactive ketones (excluding diaryl/α,β-unsaturated/α-hetero) is 1. The molecule has 7 heteroatoms. The lowest BCUT2D eigenvalue weighted by atomic mass is 9.44. The van der Waals surface area contributed by atoms with Gasteiger partial charge in [-0.1, -0.05) is 6.92 Å². The van der Waals surface area contributed by atoms with E-state index in [2.05, 4.69) is 12.3 Å². The zero-order valence-electron chi connectivity index (χ0n) is 22.0. The number of hydrogen-bond acceptors (Lipinski definition) is 7. The van der Waals surface area contributed by atoms with Crippen LogP contribution in [0.15, 0.2) is 0 Å². The molecule has 4 aliphatic carbocycles. The fraction of sp³-hybridized carbons (Fsp3) is 0.929. The zero-order chi connectivity index (χ0) is 24.8. The molecule has 0 aromatic carbocycles. The van der Waals surface area contributed by atoms with Gasteiger partial charge in [0.15, 0.2) is 5.78 Å². The molecule has 5 aliphatic rings. The molecule has 1 saturated heterocycles. The van der Waals surface area contributed by atoms with Crippen LogP contribution in [0.25, 0.3) is 0 Å². The van der Waals surface area contributed by atoms with E-state index in [0.717, 1.165) is 45.1 Å². The van der Waals surface area contributed by atoms with E-state index in [1.807, 2.05) is 19.0 Å². The van der Waals surface area contributed by atoms with Gasteiger partial charge in [0.2, 0.25) is 0 Å². The van der Waals surface area contributed by atoms with Crippen molar-refractivity contribution in [3.63, 3.8) is 0 Å². The van der Waals surface area contributed by atoms with Gasteiger partial charge < -0.3 is 14.6 Å². The van der Waals surface area contributed by atoms with Crippen molar-refractivity contribution in [2.24, 2.45) is 40.4 Å². The molecule has 0 bridgehead atoms. The highest BCUT2D eigenvalue weighted by molar-refractivity contribution is 5.84. The molecule has 0 radical (unpaired) electrons. The number of ether oxygens (including phenoxy) is 2. The molecule has 35 heavy (non-hydrogen) atoms. The van der Waals surface area contributed by atoms with Gasteiger partial charge in [-0.3, -0.25) is 9.59 Å². The molecule has 1 aliphatic heterocycles. The topological polar surface area (TPSA) is 88.1 Å². The Bertz CT molecular complexity index is 806. The Labute approximate surface area is 210 Å². The summed E-state index contributed by atoms with van der Waals surface area (Å²) in [5.74, 6) is 2.74. The SMILES string of the molecule is CCOC(=O)C1CCN(CC(=O)C2CCC3C4CCC5CC(O)CCC5(COC)C4CCC23C)N1. The maximum Gasteiger partial charge on any atom is 0.324 e. The van der Waals surface area contributed by atoms with Crippen LogP contribution in [0.4, 0.5) is 0 Å². The molecule has 0 aromatic heterocycles. The van der Waals surface area contributed by atoms with Crippen LogP contribution < -0.4 is 5.43 Å². The molecule has 9 unspecified atom stereocenters. The van der Waals surface area contributed by atoms with E-state index in [1.165, 1.54) is 19.3 Å². The Kier molecular flexibility index (Phi) is 7.35. The maximum absolute atomic E-state index is 13.6. The molecule has 198 valence electrons. The molecule has 0 aromatic rings. The Balaban J connectivity index is 1.27. The standard InChI is InChI=1S/C28H46N2O5/c1-4-35-26(33)24-11-14-30(29-24)16-25(32)23-8-7-21-20-6-5-18-15-19(31)9-13-28(18,17-34-3)22(20)10-12-27(21,23)2/h18-24,29,31H,4-17H2,1-3H3. The van der Waals surface area contributed by atoms with E-state index >= 15 is 0 Å². The van der Waals surface area contributed by atoms with Gasteiger partial charge in [-0.2, -0.15) is 0 Å². The lowest BCUT2D eigenvalue weighted by molar-refractivity contribution is -0.161. The molecular weight excluding hydrogens is 444 g/mol. The smallest absolute Gasteiger partial charge is 0.324 e. The van der Waals surface area contributed by atoms with Crippen LogP contribution in [0.2, 0.25) is 0 Å². The average Bonchev–Trinajstić information content (AvgIpc) is 3.44. The zero-order valence-corrected chi connectivity index (χ0v) is 22.0. The van der Waals surface area contributed by atoms with E-state index in [9.17, 15) is 14.7 Å². The summed E-state index contributed by atoms with van der Waals surface area (Å²) in [5.41, 5.74) is 3.50. The molecule has 5 fully saturated rings. The predicted molar refractivity (Wildman–Crippen MR) is 132 cm³/mol. The molecule has 1 heterocycles. The molecule has 0 spiro atoms. The quantitative estimate of drug-likeness (QED) is 0.529. The monoisotopic (exact) mass is 490 g/mol. The molecular formula is C28H46N2O5. The third kappa shape index (κ3) is 4.38. The molecule has 9 atom stereocenters. The first-order valence-corrected chi connectivity index (χ1v) is 14.2. The first-order valence-electron chi connectivity index (χ1n) is 14.2. The molecule has 7 nitrogen and oxygen atoms in total. The minimum absolute atomic E-state index is 0.0772. The van der Waals surface area contributed by atoms with Crippen LogP contribution in [0.5, 0.6) is 0 Å². The Morgan fingerprint density at radius 1 is 1.06 bits per heavy atom. The molecule has 4 saturated carbocycles. The largest absolute Gasteiger partial charge is 0.465 e. The van der Waals surface area contributed by atoms with E-state index in [0.29, 0.717) is 55.6 Å². The number of fused-ring (bicyclic) bond motifs is 5. The molecule has 2 N–H and O–H groups in total. The van der Waals surface area contributed by atoms with Gasteiger partial charge in [-0.25, -0.2) is 10.4 Å². The third-order valence-electron chi connectivity index (χ3n) is 11.1. The van der Waals surface area contributed by atoms with E-state index in [4.69, 9.17) is 9.47 Å². The van der Waals surface area contributed by atoms with Crippen molar-refractivity contribution in [2.45, 2.75) is 90.2 Å². The summed E-state index contributed by atoms with van der Waals surface area (Å²) in [4.78, 5) is 25.7. The number of rotatable bonds is 7. The second-order valence-corrected chi connectivity index (χ2v) is 12.5. The molecule has 0 amide bonds. The van der Waals surface area contributed by atoms with Gasteiger partial charge in [0.25, 0.3) is 0 Å². The first-order chi connectivity index (χ1) is 16.8. The van der Waals surface area contributed by atoms with Crippen LogP contribution in [-0.2, 0) is 19.1 Å². The molecule has 5 rings (SSSR count). The van der Waals surface area contributed by atoms with Crippen molar-refractivity contribution in [1.82, 2.24) is 10.4 Å². The van der Waals surface area contributed by atoms with Gasteiger partial charge in [-0.05, 0) is 106 Å². The van der Waals surface area contributed by atoms with Crippen LogP contribution >= 0.6 is 0 Å². The fourth-order valence-electron chi connectivity index (χ4n) is 9.58. The summed E-state index contributed by atoms with van der Waals surface area (Å²) in [7, 11) is 1.84. The number of aliphatic hydroxyl groups excluding tert-OH is 1. The van der Waals surface area contributed by atoms with Crippen molar-refractivity contribution < 1.29 is 24.2 Å². The minimum Gasteiger partial charge on any atom is -0.465 e. The maximum atomic E-state index is 13.6. The Hall–Kier alpha value is -1.02. The number of hydrogen-bond donors (Lipinski definition) is 2. The summed E-state index contributed by atoms with van der Waals surface area (Å²) in [6.07, 6.45) is 10.4. The van der Waals surface area contributed by atoms with Crippen molar-refractivity contribution in [3.8, 4) is 0 Å². The van der Waals surface area contributed by atoms with Gasteiger partial charge >= 0.3 is 5.97 Å². The van der Waals surface area contributed by atoms with Crippen LogP contribution in [0.1, 0.15) is 78.1 Å². The van der Waals surface area contributed by atoms with Crippen molar-refractivity contribution in [2.75, 3.05) is 33.4 Å². The minimum atomic E-state index is -0.328. The van der Waals surface area contributed by atoms with E-state index < -0.39 is 0 Å². The Morgan fingerprint density at radius 2 is 1.89 bits per heavy atom. The number of esters is 1. The number of carbonyl (C=O) groups is 2. The number of carbonyl (C=O) groups excluding carboxylic acids is 2. The normalized spacial score (nSPS) is 45.4. The summed E-state index contributed by atoms with van der Waals surface area (Å²) < 4.78 is 11.0. The van der Waals surface area contributed by atoms with Gasteiger partial charge in [0.1, 0.15) is 6.04 Å². The summed E-state index contributed by atoms with van der Waals surface area (Å²) in [6.45, 7) is 6.51. The lowest BCUT2D eigenvalue weighted by Crippen LogP contribution is -2.57. The van der Waals surface area contributed by atoms with Gasteiger partial charge in [0.05, 0.1) is 25.9 Å². The summed E-state index contributed by atoms with van der Waals surface area (Å²) in [6, 6.07) is -0.328. The second-order valence-electron chi connectivity index (χ2n) is 12.5. The third-order valence-corrected chi connectivity index (χ3v) is 11.1. The van der Waals surface area contributed by atoms with E-state index in [-0.39, 0.29) is 34.9 Å². The number of ketones is 1. The van der Waals surface area contributed by atoms with Gasteiger partial charge in [0, 0.05) is 19.6 Å². The predicted octanol–water partition coefficient (Wildman–Crippen LogP) is 3.34. The second kappa shape index (κ2) is 10.0. The van der Waals surface area contributed by atoms with Crippen LogP contribution in [-0.4, -0.2) is 67.4 Å². The van der Waals surface area contributed by atoms with E-state index in [1.54, 1.807) is 0 Å². The summed E-state index contributed by atoms with van der Waals surface area (Å²) in [5, 5.41) is 12.3. The number of aliphatic hydroxyl groups is 1. The van der Waals surface area contributed by atoms with Gasteiger partial charge in [-0.15, -0.1) is 0 Å². The number of nitrogens with zero attached hydrogens (tertiary/aromatic N) is 1. The van der Waals surface area contributed by atoms with Crippen LogP contribution in [0.3, 0.4) is 0 Å². The lowest BCUT2D eigenvalue weighted by Gasteiger charge is -2.61. The van der Waals surface area contributed by atoms with Crippen LogP contribution in [0, 0.1) is 40.4 Å². The number of hydrazine groups is 1. The van der Waals surface area contributed by atoms with Crippen molar-refractivity contribution in [3.05, 3.63) is 0 Å². The highest BCUT2D eigenvalue weighted by atomic mass is 16.5. The fourth-order valence-corrected chi connectivity index (χ4v) is 9.58. The first kappa shape index (κ1) is 25.6. The highest BCUT2D eigenvalue weighted by Crippen LogP contribution is 2.67. The number of nitrogens with one attached hydrogen (secondary N) is 1. The average molecular weight is 491 g/mol.